The molecule has 0 radical (unpaired) electrons. The van der Waals surface area contributed by atoms with Gasteiger partial charge in [0.05, 0.1) is 15.6 Å². The highest BCUT2D eigenvalue weighted by molar-refractivity contribution is 6.34. The minimum atomic E-state index is -0.745. The summed E-state index contributed by atoms with van der Waals surface area (Å²) in [7, 11) is 0. The molecule has 2 aromatic rings. The van der Waals surface area contributed by atoms with Gasteiger partial charge in [-0.3, -0.25) is 14.9 Å². The van der Waals surface area contributed by atoms with Gasteiger partial charge in [0.25, 0.3) is 11.6 Å². The third-order valence-corrected chi connectivity index (χ3v) is 3.54. The molecule has 0 spiro atoms. The van der Waals surface area contributed by atoms with Gasteiger partial charge in [-0.2, -0.15) is 0 Å². The Hall–Kier alpha value is -2.84. The molecule has 0 aliphatic carbocycles. The maximum absolute atomic E-state index is 11.8. The van der Waals surface area contributed by atoms with Gasteiger partial charge in [-0.25, -0.2) is 4.79 Å². The second-order valence-corrected chi connectivity index (χ2v) is 5.72. The number of nitro groups is 1. The van der Waals surface area contributed by atoms with E-state index in [1.165, 1.54) is 12.1 Å². The predicted octanol–water partition coefficient (Wildman–Crippen LogP) is 3.46. The molecule has 1 amide bonds. The lowest BCUT2D eigenvalue weighted by Crippen LogP contribution is -2.23. The van der Waals surface area contributed by atoms with Crippen LogP contribution < -0.4 is 10.1 Å². The fourth-order valence-electron chi connectivity index (χ4n) is 1.77. The third-order valence-electron chi connectivity index (χ3n) is 2.97. The summed E-state index contributed by atoms with van der Waals surface area (Å²) in [5, 5.41) is 13.5. The molecule has 136 valence electrons. The molecule has 0 aliphatic rings. The molecule has 26 heavy (non-hydrogen) atoms. The number of nitro benzene ring substituents is 1. The van der Waals surface area contributed by atoms with Crippen LogP contribution in [0.1, 0.15) is 0 Å². The maximum Gasteiger partial charge on any atom is 0.344 e. The van der Waals surface area contributed by atoms with Crippen molar-refractivity contribution in [3.8, 4) is 5.75 Å². The number of nitrogens with zero attached hydrogens (tertiary/aromatic N) is 1. The highest BCUT2D eigenvalue weighted by Gasteiger charge is 2.13. The number of carbonyl (C=O) groups excluding carboxylic acids is 2. The SMILES string of the molecule is O=C(COC(=O)COc1ccc(Cl)cc1)Nc1ccc([N+](=O)[O-])cc1Cl. The first kappa shape index (κ1) is 19.5. The first-order valence-electron chi connectivity index (χ1n) is 7.13. The topological polar surface area (TPSA) is 108 Å². The van der Waals surface area contributed by atoms with Gasteiger partial charge in [-0.15, -0.1) is 0 Å². The molecule has 0 bridgehead atoms. The number of rotatable bonds is 7. The van der Waals surface area contributed by atoms with Gasteiger partial charge in [0, 0.05) is 17.2 Å². The van der Waals surface area contributed by atoms with Crippen LogP contribution in [0.5, 0.6) is 5.75 Å². The number of amides is 1. The van der Waals surface area contributed by atoms with Gasteiger partial charge in [0.1, 0.15) is 5.75 Å². The highest BCUT2D eigenvalue weighted by atomic mass is 35.5. The van der Waals surface area contributed by atoms with Gasteiger partial charge >= 0.3 is 5.97 Å². The summed E-state index contributed by atoms with van der Waals surface area (Å²) in [5.41, 5.74) is -0.0468. The molecule has 10 heteroatoms. The summed E-state index contributed by atoms with van der Waals surface area (Å²) >= 11 is 11.6. The minimum Gasteiger partial charge on any atom is -0.482 e. The quantitative estimate of drug-likeness (QED) is 0.434. The summed E-state index contributed by atoms with van der Waals surface area (Å²) in [6.07, 6.45) is 0. The zero-order chi connectivity index (χ0) is 19.1. The van der Waals surface area contributed by atoms with E-state index >= 15 is 0 Å². The Balaban J connectivity index is 1.78. The molecule has 2 aromatic carbocycles. The van der Waals surface area contributed by atoms with Crippen molar-refractivity contribution in [2.75, 3.05) is 18.5 Å². The molecular formula is C16H12Cl2N2O6. The zero-order valence-corrected chi connectivity index (χ0v) is 14.6. The zero-order valence-electron chi connectivity index (χ0n) is 13.1. The van der Waals surface area contributed by atoms with Crippen molar-refractivity contribution >= 4 is 46.5 Å². The molecule has 8 nitrogen and oxygen atoms in total. The van der Waals surface area contributed by atoms with E-state index in [0.29, 0.717) is 10.8 Å². The molecule has 0 fully saturated rings. The van der Waals surface area contributed by atoms with Crippen LogP contribution in [0.15, 0.2) is 42.5 Å². The third kappa shape index (κ3) is 5.91. The molecular weight excluding hydrogens is 387 g/mol. The molecule has 2 rings (SSSR count). The summed E-state index contributed by atoms with van der Waals surface area (Å²) in [5.74, 6) is -0.973. The normalized spacial score (nSPS) is 10.1. The van der Waals surface area contributed by atoms with E-state index < -0.39 is 23.4 Å². The number of nitrogens with one attached hydrogen (secondary N) is 1. The first-order valence-corrected chi connectivity index (χ1v) is 7.88. The van der Waals surface area contributed by atoms with E-state index in [2.05, 4.69) is 5.32 Å². The van der Waals surface area contributed by atoms with Crippen LogP contribution in [0.25, 0.3) is 0 Å². The molecule has 0 atom stereocenters. The average Bonchev–Trinajstić information content (AvgIpc) is 2.61. The molecule has 0 heterocycles. The van der Waals surface area contributed by atoms with Crippen LogP contribution in [0.3, 0.4) is 0 Å². The Morgan fingerprint density at radius 2 is 1.77 bits per heavy atom. The lowest BCUT2D eigenvalue weighted by atomic mass is 10.3. The molecule has 0 aromatic heterocycles. The van der Waals surface area contributed by atoms with E-state index in [-0.39, 0.29) is 23.0 Å². The van der Waals surface area contributed by atoms with Crippen LogP contribution in [0, 0.1) is 10.1 Å². The number of hydrogen-bond acceptors (Lipinski definition) is 6. The van der Waals surface area contributed by atoms with Crippen molar-refractivity contribution in [3.63, 3.8) is 0 Å². The number of non-ortho nitro benzene ring substituents is 1. The Morgan fingerprint density at radius 1 is 1.08 bits per heavy atom. The summed E-state index contributed by atoms with van der Waals surface area (Å²) in [6, 6.07) is 9.94. The fourth-order valence-corrected chi connectivity index (χ4v) is 2.11. The monoisotopic (exact) mass is 398 g/mol. The van der Waals surface area contributed by atoms with Crippen molar-refractivity contribution in [3.05, 3.63) is 62.6 Å². The van der Waals surface area contributed by atoms with Gasteiger partial charge in [0.15, 0.2) is 13.2 Å². The second-order valence-electron chi connectivity index (χ2n) is 4.87. The number of anilines is 1. The number of ether oxygens (including phenoxy) is 2. The van der Waals surface area contributed by atoms with Crippen LogP contribution in [-0.4, -0.2) is 30.0 Å². The fraction of sp³-hybridized carbons (Fsp3) is 0.125. The molecule has 0 saturated carbocycles. The molecule has 1 N–H and O–H groups in total. The first-order chi connectivity index (χ1) is 12.3. The van der Waals surface area contributed by atoms with E-state index in [1.807, 2.05) is 0 Å². The van der Waals surface area contributed by atoms with Crippen molar-refractivity contribution < 1.29 is 24.0 Å². The lowest BCUT2D eigenvalue weighted by Gasteiger charge is -2.09. The highest BCUT2D eigenvalue weighted by Crippen LogP contribution is 2.26. The number of halogens is 2. The average molecular weight is 399 g/mol. The number of esters is 1. The molecule has 0 aliphatic heterocycles. The van der Waals surface area contributed by atoms with Gasteiger partial charge in [-0.05, 0) is 30.3 Å². The van der Waals surface area contributed by atoms with Crippen LogP contribution >= 0.6 is 23.2 Å². The molecule has 0 saturated heterocycles. The Morgan fingerprint density at radius 3 is 2.38 bits per heavy atom. The van der Waals surface area contributed by atoms with Gasteiger partial charge in [-0.1, -0.05) is 23.2 Å². The molecule has 0 unspecified atom stereocenters. The Bertz CT molecular complexity index is 826. The largest absolute Gasteiger partial charge is 0.482 e. The minimum absolute atomic E-state index is 0.00931. The van der Waals surface area contributed by atoms with E-state index in [9.17, 15) is 19.7 Å². The van der Waals surface area contributed by atoms with Crippen molar-refractivity contribution in [2.24, 2.45) is 0 Å². The van der Waals surface area contributed by atoms with Gasteiger partial charge < -0.3 is 14.8 Å². The summed E-state index contributed by atoms with van der Waals surface area (Å²) < 4.78 is 9.95. The van der Waals surface area contributed by atoms with E-state index in [1.54, 1.807) is 24.3 Å². The smallest absolute Gasteiger partial charge is 0.344 e. The predicted molar refractivity (Wildman–Crippen MR) is 94.6 cm³/mol. The van der Waals surface area contributed by atoms with Crippen molar-refractivity contribution in [1.82, 2.24) is 0 Å². The maximum atomic E-state index is 11.8. The summed E-state index contributed by atoms with van der Waals surface area (Å²) in [6.45, 7) is -0.941. The van der Waals surface area contributed by atoms with Gasteiger partial charge in [0.2, 0.25) is 0 Å². The van der Waals surface area contributed by atoms with Crippen LogP contribution in [0.4, 0.5) is 11.4 Å². The van der Waals surface area contributed by atoms with Crippen LogP contribution in [0.2, 0.25) is 10.0 Å². The van der Waals surface area contributed by atoms with E-state index in [0.717, 1.165) is 6.07 Å². The number of benzene rings is 2. The number of carbonyl (C=O) groups is 2. The Kier molecular flexibility index (Phi) is 6.76. The lowest BCUT2D eigenvalue weighted by molar-refractivity contribution is -0.384. The van der Waals surface area contributed by atoms with Crippen molar-refractivity contribution in [1.29, 1.82) is 0 Å². The Labute approximate surface area is 157 Å². The standard InChI is InChI=1S/C16H12Cl2N2O6/c17-10-1-4-12(5-2-10)25-9-16(22)26-8-15(21)19-14-6-3-11(20(23)24)7-13(14)18/h1-7H,8-9H2,(H,19,21). The number of hydrogen-bond donors (Lipinski definition) is 1. The van der Waals surface area contributed by atoms with E-state index in [4.69, 9.17) is 32.7 Å². The van der Waals surface area contributed by atoms with Crippen LogP contribution in [-0.2, 0) is 14.3 Å². The summed E-state index contributed by atoms with van der Waals surface area (Å²) in [4.78, 5) is 33.4. The second kappa shape index (κ2) is 9.02. The van der Waals surface area contributed by atoms with Crippen molar-refractivity contribution in [2.45, 2.75) is 0 Å².